The molecule has 0 saturated carbocycles. The lowest BCUT2D eigenvalue weighted by Gasteiger charge is -2.23. The molecular weight excluding hydrogens is 374 g/mol. The van der Waals surface area contributed by atoms with E-state index in [4.69, 9.17) is 0 Å². The van der Waals surface area contributed by atoms with Crippen molar-refractivity contribution in [3.8, 4) is 0 Å². The summed E-state index contributed by atoms with van der Waals surface area (Å²) in [4.78, 5) is 25.0. The molecule has 2 heterocycles. The van der Waals surface area contributed by atoms with Crippen LogP contribution in [0.3, 0.4) is 0 Å². The normalized spacial score (nSPS) is 17.8. The van der Waals surface area contributed by atoms with Gasteiger partial charge in [-0.05, 0) is 43.3 Å². The number of amides is 2. The second-order valence-corrected chi connectivity index (χ2v) is 8.85. The van der Waals surface area contributed by atoms with Crippen molar-refractivity contribution in [2.75, 3.05) is 6.54 Å². The summed E-state index contributed by atoms with van der Waals surface area (Å²) >= 11 is 1.25. The van der Waals surface area contributed by atoms with Gasteiger partial charge in [-0.2, -0.15) is 4.31 Å². The minimum Gasteiger partial charge on any atom is -0.271 e. The number of carbonyl (C=O) groups is 2. The maximum absolute atomic E-state index is 12.8. The Bertz CT molecular complexity index is 893. The first-order chi connectivity index (χ1) is 12.4. The third kappa shape index (κ3) is 3.79. The summed E-state index contributed by atoms with van der Waals surface area (Å²) in [7, 11) is -3.77. The lowest BCUT2D eigenvalue weighted by Crippen LogP contribution is -2.51. The van der Waals surface area contributed by atoms with Gasteiger partial charge in [-0.15, -0.1) is 11.3 Å². The van der Waals surface area contributed by atoms with Gasteiger partial charge in [-0.25, -0.2) is 8.42 Å². The molecule has 0 bridgehead atoms. The molecule has 1 fully saturated rings. The topological polar surface area (TPSA) is 95.6 Å². The Morgan fingerprint density at radius 3 is 2.54 bits per heavy atom. The molecule has 1 aromatic heterocycles. The zero-order chi connectivity index (χ0) is 18.7. The number of sulfonamides is 1. The third-order valence-corrected chi connectivity index (χ3v) is 6.97. The van der Waals surface area contributed by atoms with Gasteiger partial charge in [0.15, 0.2) is 0 Å². The first kappa shape index (κ1) is 18.6. The van der Waals surface area contributed by atoms with Crippen molar-refractivity contribution in [3.05, 3.63) is 52.2 Å². The van der Waals surface area contributed by atoms with Crippen LogP contribution in [-0.2, 0) is 14.8 Å². The van der Waals surface area contributed by atoms with E-state index in [1.165, 1.54) is 27.8 Å². The highest BCUT2D eigenvalue weighted by Crippen LogP contribution is 2.26. The molecule has 26 heavy (non-hydrogen) atoms. The Hall–Kier alpha value is -2.23. The van der Waals surface area contributed by atoms with E-state index in [2.05, 4.69) is 10.9 Å². The zero-order valence-corrected chi connectivity index (χ0v) is 15.8. The van der Waals surface area contributed by atoms with Crippen LogP contribution in [0.15, 0.2) is 46.7 Å². The van der Waals surface area contributed by atoms with E-state index < -0.39 is 27.9 Å². The fourth-order valence-electron chi connectivity index (χ4n) is 2.81. The van der Waals surface area contributed by atoms with E-state index in [-0.39, 0.29) is 11.4 Å². The predicted octanol–water partition coefficient (Wildman–Crippen LogP) is 1.67. The SMILES string of the molecule is Cc1ccc(S(=O)(=O)N2CCC[C@H]2C(=O)NNC(=O)c2cccs2)cc1. The lowest BCUT2D eigenvalue weighted by atomic mass is 10.2. The van der Waals surface area contributed by atoms with Crippen LogP contribution >= 0.6 is 11.3 Å². The van der Waals surface area contributed by atoms with Crippen molar-refractivity contribution >= 4 is 33.2 Å². The van der Waals surface area contributed by atoms with E-state index in [0.717, 1.165) is 5.56 Å². The van der Waals surface area contributed by atoms with Crippen LogP contribution in [-0.4, -0.2) is 37.1 Å². The number of nitrogens with one attached hydrogen (secondary N) is 2. The van der Waals surface area contributed by atoms with E-state index in [1.54, 1.807) is 29.6 Å². The molecule has 2 aromatic rings. The van der Waals surface area contributed by atoms with Crippen molar-refractivity contribution in [2.24, 2.45) is 0 Å². The second kappa shape index (κ2) is 7.56. The lowest BCUT2D eigenvalue weighted by molar-refractivity contribution is -0.125. The maximum Gasteiger partial charge on any atom is 0.279 e. The number of benzene rings is 1. The standard InChI is InChI=1S/C17H19N3O4S2/c1-12-6-8-13(9-7-12)26(23,24)20-10-2-4-14(20)16(21)18-19-17(22)15-5-3-11-25-15/h3,5-9,11,14H,2,4,10H2,1H3,(H,18,21)(H,19,22)/t14-/m0/s1. The molecule has 3 rings (SSSR count). The zero-order valence-electron chi connectivity index (χ0n) is 14.1. The Kier molecular flexibility index (Phi) is 5.40. The molecule has 1 aliphatic heterocycles. The van der Waals surface area contributed by atoms with Crippen LogP contribution in [0.4, 0.5) is 0 Å². The van der Waals surface area contributed by atoms with Gasteiger partial charge in [0.2, 0.25) is 10.0 Å². The van der Waals surface area contributed by atoms with E-state index in [9.17, 15) is 18.0 Å². The predicted molar refractivity (Wildman–Crippen MR) is 98.0 cm³/mol. The molecule has 0 radical (unpaired) electrons. The fourth-order valence-corrected chi connectivity index (χ4v) is 5.08. The molecule has 0 unspecified atom stereocenters. The van der Waals surface area contributed by atoms with Gasteiger partial charge in [0.1, 0.15) is 6.04 Å². The van der Waals surface area contributed by atoms with Gasteiger partial charge >= 0.3 is 0 Å². The van der Waals surface area contributed by atoms with Crippen molar-refractivity contribution in [3.63, 3.8) is 0 Å². The number of thiophene rings is 1. The van der Waals surface area contributed by atoms with Crippen molar-refractivity contribution in [1.29, 1.82) is 0 Å². The number of carbonyl (C=O) groups excluding carboxylic acids is 2. The highest BCUT2D eigenvalue weighted by Gasteiger charge is 2.39. The molecule has 1 saturated heterocycles. The summed E-state index contributed by atoms with van der Waals surface area (Å²) in [5.74, 6) is -0.970. The fraction of sp³-hybridized carbons (Fsp3) is 0.294. The highest BCUT2D eigenvalue weighted by atomic mass is 32.2. The minimum absolute atomic E-state index is 0.158. The van der Waals surface area contributed by atoms with Crippen LogP contribution in [0, 0.1) is 6.92 Å². The molecule has 138 valence electrons. The minimum atomic E-state index is -3.77. The molecular formula is C17H19N3O4S2. The van der Waals surface area contributed by atoms with Gasteiger partial charge in [0.05, 0.1) is 9.77 Å². The number of rotatable bonds is 4. The van der Waals surface area contributed by atoms with Crippen molar-refractivity contribution in [2.45, 2.75) is 30.7 Å². The molecule has 2 N–H and O–H groups in total. The van der Waals surface area contributed by atoms with Gasteiger partial charge in [0, 0.05) is 6.54 Å². The largest absolute Gasteiger partial charge is 0.279 e. The average molecular weight is 393 g/mol. The molecule has 2 amide bonds. The summed E-state index contributed by atoms with van der Waals surface area (Å²) in [5, 5.41) is 1.75. The van der Waals surface area contributed by atoms with Crippen molar-refractivity contribution < 1.29 is 18.0 Å². The maximum atomic E-state index is 12.8. The number of aryl methyl sites for hydroxylation is 1. The van der Waals surface area contributed by atoms with E-state index >= 15 is 0 Å². The smallest absolute Gasteiger partial charge is 0.271 e. The first-order valence-electron chi connectivity index (χ1n) is 8.12. The van der Waals surface area contributed by atoms with Gasteiger partial charge in [-0.3, -0.25) is 20.4 Å². The Morgan fingerprint density at radius 2 is 1.88 bits per heavy atom. The van der Waals surface area contributed by atoms with E-state index in [1.807, 2.05) is 6.92 Å². The Labute approximate surface area is 156 Å². The van der Waals surface area contributed by atoms with Gasteiger partial charge in [-0.1, -0.05) is 23.8 Å². The number of nitrogens with zero attached hydrogens (tertiary/aromatic N) is 1. The Morgan fingerprint density at radius 1 is 1.15 bits per heavy atom. The highest BCUT2D eigenvalue weighted by molar-refractivity contribution is 7.89. The molecule has 7 nitrogen and oxygen atoms in total. The molecule has 1 aliphatic rings. The summed E-state index contributed by atoms with van der Waals surface area (Å²) in [5.41, 5.74) is 5.62. The number of hydrogen-bond donors (Lipinski definition) is 2. The van der Waals surface area contributed by atoms with Gasteiger partial charge < -0.3 is 0 Å². The second-order valence-electron chi connectivity index (χ2n) is 6.01. The molecule has 1 aromatic carbocycles. The van der Waals surface area contributed by atoms with Crippen LogP contribution < -0.4 is 10.9 Å². The first-order valence-corrected chi connectivity index (χ1v) is 10.4. The quantitative estimate of drug-likeness (QED) is 0.773. The third-order valence-electron chi connectivity index (χ3n) is 4.18. The molecule has 0 spiro atoms. The summed E-state index contributed by atoms with van der Waals surface area (Å²) in [6.45, 7) is 2.14. The number of hydrogen-bond acceptors (Lipinski definition) is 5. The summed E-state index contributed by atoms with van der Waals surface area (Å²) in [6.07, 6.45) is 0.994. The Balaban J connectivity index is 1.70. The van der Waals surface area contributed by atoms with Crippen molar-refractivity contribution in [1.82, 2.24) is 15.2 Å². The van der Waals surface area contributed by atoms with Crippen LogP contribution in [0.5, 0.6) is 0 Å². The molecule has 9 heteroatoms. The van der Waals surface area contributed by atoms with Crippen LogP contribution in [0.1, 0.15) is 28.1 Å². The molecule has 1 atom stereocenters. The summed E-state index contributed by atoms with van der Waals surface area (Å²) < 4.78 is 26.9. The van der Waals surface area contributed by atoms with Gasteiger partial charge in [0.25, 0.3) is 11.8 Å². The molecule has 0 aliphatic carbocycles. The van der Waals surface area contributed by atoms with E-state index in [0.29, 0.717) is 17.7 Å². The monoisotopic (exact) mass is 393 g/mol. The number of hydrazine groups is 1. The summed E-state index contributed by atoms with van der Waals surface area (Å²) in [6, 6.07) is 9.04. The average Bonchev–Trinajstić information content (AvgIpc) is 3.31. The van der Waals surface area contributed by atoms with Crippen LogP contribution in [0.2, 0.25) is 0 Å². The van der Waals surface area contributed by atoms with Crippen LogP contribution in [0.25, 0.3) is 0 Å².